The highest BCUT2D eigenvalue weighted by molar-refractivity contribution is 9.10. The largest absolute Gasteiger partial charge is 0.333 e. The molecule has 0 spiro atoms. The fraction of sp³-hybridized carbons (Fsp3) is 0.417. The third-order valence-electron chi connectivity index (χ3n) is 2.42. The van der Waals surface area contributed by atoms with Crippen molar-refractivity contribution in [1.29, 1.82) is 0 Å². The minimum Gasteiger partial charge on any atom is -0.333 e. The van der Waals surface area contributed by atoms with E-state index >= 15 is 0 Å². The predicted molar refractivity (Wildman–Crippen MR) is 70.6 cm³/mol. The lowest BCUT2D eigenvalue weighted by Gasteiger charge is -2.17. The Kier molecular flexibility index (Phi) is 3.03. The van der Waals surface area contributed by atoms with E-state index < -0.39 is 0 Å². The van der Waals surface area contributed by atoms with Crippen LogP contribution in [-0.4, -0.2) is 19.5 Å². The van der Waals surface area contributed by atoms with Gasteiger partial charge in [-0.1, -0.05) is 20.8 Å². The lowest BCUT2D eigenvalue weighted by atomic mass is 9.95. The number of rotatable bonds is 1. The van der Waals surface area contributed by atoms with Gasteiger partial charge in [0.15, 0.2) is 5.82 Å². The van der Waals surface area contributed by atoms with Crippen LogP contribution in [-0.2, 0) is 12.5 Å². The quantitative estimate of drug-likeness (QED) is 0.760. The van der Waals surface area contributed by atoms with Crippen molar-refractivity contribution >= 4 is 15.9 Å². The maximum atomic E-state index is 4.58. The Balaban J connectivity index is 2.57. The van der Waals surface area contributed by atoms with E-state index in [4.69, 9.17) is 0 Å². The molecule has 0 aliphatic carbocycles. The van der Waals surface area contributed by atoms with Crippen LogP contribution in [0.3, 0.4) is 0 Å². The van der Waals surface area contributed by atoms with Gasteiger partial charge in [-0.2, -0.15) is 0 Å². The first-order chi connectivity index (χ1) is 7.88. The van der Waals surface area contributed by atoms with E-state index in [2.05, 4.69) is 51.7 Å². The Morgan fingerprint density at radius 3 is 2.47 bits per heavy atom. The average molecular weight is 295 g/mol. The van der Waals surface area contributed by atoms with E-state index in [-0.39, 0.29) is 5.41 Å². The van der Waals surface area contributed by atoms with Crippen molar-refractivity contribution in [1.82, 2.24) is 19.5 Å². The summed E-state index contributed by atoms with van der Waals surface area (Å²) in [4.78, 5) is 13.3. The standard InChI is InChI=1S/C12H15BrN4/c1-12(2,3)11-15-8(7-9(13)16-11)10-14-5-6-17(10)4/h5-7H,1-4H3. The Hall–Kier alpha value is -1.23. The first-order valence-corrected chi connectivity index (χ1v) is 6.20. The maximum Gasteiger partial charge on any atom is 0.158 e. The molecular formula is C12H15BrN4. The minimum absolute atomic E-state index is 0.0797. The van der Waals surface area contributed by atoms with Crippen molar-refractivity contribution in [2.45, 2.75) is 26.2 Å². The average Bonchev–Trinajstić information content (AvgIpc) is 2.62. The van der Waals surface area contributed by atoms with Gasteiger partial charge < -0.3 is 4.57 Å². The molecule has 0 saturated carbocycles. The Morgan fingerprint density at radius 2 is 1.94 bits per heavy atom. The van der Waals surface area contributed by atoms with E-state index in [0.717, 1.165) is 21.9 Å². The van der Waals surface area contributed by atoms with Gasteiger partial charge in [0.05, 0.1) is 0 Å². The van der Waals surface area contributed by atoms with Gasteiger partial charge in [-0.3, -0.25) is 0 Å². The molecule has 0 N–H and O–H groups in total. The van der Waals surface area contributed by atoms with E-state index in [0.29, 0.717) is 0 Å². The van der Waals surface area contributed by atoms with E-state index in [1.807, 2.05) is 23.9 Å². The van der Waals surface area contributed by atoms with Crippen molar-refractivity contribution in [3.63, 3.8) is 0 Å². The Labute approximate surface area is 109 Å². The molecule has 0 aromatic carbocycles. The molecule has 0 radical (unpaired) electrons. The number of aromatic nitrogens is 4. The van der Waals surface area contributed by atoms with E-state index in [9.17, 15) is 0 Å². The zero-order valence-corrected chi connectivity index (χ0v) is 12.0. The predicted octanol–water partition coefficient (Wildman–Crippen LogP) is 2.94. The summed E-state index contributed by atoms with van der Waals surface area (Å²) < 4.78 is 2.73. The molecule has 0 atom stereocenters. The molecule has 0 aliphatic rings. The molecule has 0 fully saturated rings. The number of hydrogen-bond donors (Lipinski definition) is 0. The summed E-state index contributed by atoms with van der Waals surface area (Å²) in [7, 11) is 1.95. The second kappa shape index (κ2) is 4.22. The van der Waals surface area contributed by atoms with Crippen molar-refractivity contribution in [2.75, 3.05) is 0 Å². The first-order valence-electron chi connectivity index (χ1n) is 5.40. The Bertz CT molecular complexity index is 540. The van der Waals surface area contributed by atoms with Gasteiger partial charge >= 0.3 is 0 Å². The van der Waals surface area contributed by atoms with Crippen molar-refractivity contribution in [3.8, 4) is 11.5 Å². The zero-order chi connectivity index (χ0) is 12.6. The van der Waals surface area contributed by atoms with Crippen LogP contribution >= 0.6 is 15.9 Å². The maximum absolute atomic E-state index is 4.58. The number of imidazole rings is 1. The van der Waals surface area contributed by atoms with Crippen LogP contribution in [0.25, 0.3) is 11.5 Å². The van der Waals surface area contributed by atoms with Crippen molar-refractivity contribution < 1.29 is 0 Å². The van der Waals surface area contributed by atoms with Crippen molar-refractivity contribution in [3.05, 3.63) is 28.9 Å². The Morgan fingerprint density at radius 1 is 1.24 bits per heavy atom. The van der Waals surface area contributed by atoms with Gasteiger partial charge in [-0.25, -0.2) is 15.0 Å². The van der Waals surface area contributed by atoms with E-state index in [1.165, 1.54) is 0 Å². The lowest BCUT2D eigenvalue weighted by Crippen LogP contribution is -2.16. The van der Waals surface area contributed by atoms with Crippen LogP contribution in [0.2, 0.25) is 0 Å². The summed E-state index contributed by atoms with van der Waals surface area (Å²) in [5, 5.41) is 0. The van der Waals surface area contributed by atoms with Crippen molar-refractivity contribution in [2.24, 2.45) is 7.05 Å². The molecular weight excluding hydrogens is 280 g/mol. The second-order valence-electron chi connectivity index (χ2n) is 5.01. The van der Waals surface area contributed by atoms with Gasteiger partial charge in [0, 0.05) is 30.9 Å². The molecule has 2 heterocycles. The minimum atomic E-state index is -0.0797. The van der Waals surface area contributed by atoms with Gasteiger partial charge in [0.25, 0.3) is 0 Å². The molecule has 90 valence electrons. The lowest BCUT2D eigenvalue weighted by molar-refractivity contribution is 0.544. The first kappa shape index (κ1) is 12.2. The highest BCUT2D eigenvalue weighted by Gasteiger charge is 2.19. The molecule has 0 bridgehead atoms. The fourth-order valence-corrected chi connectivity index (χ4v) is 1.86. The summed E-state index contributed by atoms with van der Waals surface area (Å²) in [6.45, 7) is 6.28. The molecule has 4 nitrogen and oxygen atoms in total. The smallest absolute Gasteiger partial charge is 0.158 e. The summed E-state index contributed by atoms with van der Waals surface area (Å²) in [5.41, 5.74) is 0.758. The van der Waals surface area contributed by atoms with E-state index in [1.54, 1.807) is 6.20 Å². The zero-order valence-electron chi connectivity index (χ0n) is 10.4. The van der Waals surface area contributed by atoms with Crippen LogP contribution in [0.5, 0.6) is 0 Å². The molecule has 0 saturated heterocycles. The third-order valence-corrected chi connectivity index (χ3v) is 2.82. The van der Waals surface area contributed by atoms with Gasteiger partial charge in [-0.15, -0.1) is 0 Å². The fourth-order valence-electron chi connectivity index (χ4n) is 1.48. The number of halogens is 1. The molecule has 0 amide bonds. The van der Waals surface area contributed by atoms with Crippen LogP contribution in [0.4, 0.5) is 0 Å². The highest BCUT2D eigenvalue weighted by Crippen LogP contribution is 2.24. The third kappa shape index (κ3) is 2.54. The molecule has 2 rings (SSSR count). The molecule has 5 heteroatoms. The van der Waals surface area contributed by atoms with Gasteiger partial charge in [0.2, 0.25) is 0 Å². The molecule has 2 aromatic heterocycles. The van der Waals surface area contributed by atoms with Crippen LogP contribution in [0.15, 0.2) is 23.1 Å². The molecule has 0 unspecified atom stereocenters. The van der Waals surface area contributed by atoms with Crippen LogP contribution in [0.1, 0.15) is 26.6 Å². The van der Waals surface area contributed by atoms with Crippen LogP contribution in [0, 0.1) is 0 Å². The van der Waals surface area contributed by atoms with Gasteiger partial charge in [-0.05, 0) is 15.9 Å². The topological polar surface area (TPSA) is 43.6 Å². The normalized spacial score (nSPS) is 11.8. The monoisotopic (exact) mass is 294 g/mol. The second-order valence-corrected chi connectivity index (χ2v) is 5.82. The molecule has 17 heavy (non-hydrogen) atoms. The molecule has 2 aromatic rings. The molecule has 0 aliphatic heterocycles. The van der Waals surface area contributed by atoms with Gasteiger partial charge in [0.1, 0.15) is 16.1 Å². The number of nitrogens with zero attached hydrogens (tertiary/aromatic N) is 4. The number of hydrogen-bond acceptors (Lipinski definition) is 3. The summed E-state index contributed by atoms with van der Waals surface area (Å²) in [6, 6.07) is 1.89. The summed E-state index contributed by atoms with van der Waals surface area (Å²) in [5.74, 6) is 1.66. The number of aryl methyl sites for hydroxylation is 1. The summed E-state index contributed by atoms with van der Waals surface area (Å²) >= 11 is 3.43. The summed E-state index contributed by atoms with van der Waals surface area (Å²) in [6.07, 6.45) is 3.67. The highest BCUT2D eigenvalue weighted by atomic mass is 79.9. The SMILES string of the molecule is Cn1ccnc1-c1cc(Br)nc(C(C)(C)C)n1. The van der Waals surface area contributed by atoms with Crippen LogP contribution < -0.4 is 0 Å².